The van der Waals surface area contributed by atoms with Crippen LogP contribution in [0.4, 0.5) is 4.39 Å². The number of esters is 2. The molecule has 0 heterocycles. The SMILES string of the molecule is COC(=O)C(NC(=O)CCc1ccc(F)cc1)C(=O)OC. The van der Waals surface area contributed by atoms with Crippen molar-refractivity contribution in [1.29, 1.82) is 0 Å². The van der Waals surface area contributed by atoms with Crippen LogP contribution in [-0.2, 0) is 30.3 Å². The molecular weight excluding hydrogens is 281 g/mol. The molecule has 1 rings (SSSR count). The minimum atomic E-state index is -1.49. The highest BCUT2D eigenvalue weighted by atomic mass is 19.1. The maximum absolute atomic E-state index is 12.7. The number of benzene rings is 1. The standard InChI is InChI=1S/C14H16FNO5/c1-20-13(18)12(14(19)21-2)16-11(17)8-5-9-3-6-10(15)7-4-9/h3-4,6-7,12H,5,8H2,1-2H3,(H,16,17). The van der Waals surface area contributed by atoms with Gasteiger partial charge in [-0.3, -0.25) is 4.79 Å². The van der Waals surface area contributed by atoms with Gasteiger partial charge in [-0.15, -0.1) is 0 Å². The molecule has 0 unspecified atom stereocenters. The maximum atomic E-state index is 12.7. The number of methoxy groups -OCH3 is 2. The Kier molecular flexibility index (Phi) is 6.32. The zero-order chi connectivity index (χ0) is 15.8. The van der Waals surface area contributed by atoms with E-state index in [2.05, 4.69) is 14.8 Å². The number of amides is 1. The van der Waals surface area contributed by atoms with E-state index >= 15 is 0 Å². The first-order chi connectivity index (χ1) is 9.97. The molecule has 0 spiro atoms. The fourth-order valence-electron chi connectivity index (χ4n) is 1.59. The average molecular weight is 297 g/mol. The van der Waals surface area contributed by atoms with Crippen LogP contribution in [0, 0.1) is 5.82 Å². The molecule has 1 amide bonds. The van der Waals surface area contributed by atoms with Crippen molar-refractivity contribution in [3.05, 3.63) is 35.6 Å². The van der Waals surface area contributed by atoms with Crippen LogP contribution in [-0.4, -0.2) is 38.1 Å². The number of hydrogen-bond acceptors (Lipinski definition) is 5. The van der Waals surface area contributed by atoms with Gasteiger partial charge in [0.25, 0.3) is 0 Å². The molecule has 6 nitrogen and oxygen atoms in total. The van der Waals surface area contributed by atoms with E-state index in [-0.39, 0.29) is 12.2 Å². The van der Waals surface area contributed by atoms with Crippen molar-refractivity contribution < 1.29 is 28.2 Å². The molecule has 7 heteroatoms. The van der Waals surface area contributed by atoms with Crippen molar-refractivity contribution >= 4 is 17.8 Å². The quantitative estimate of drug-likeness (QED) is 0.614. The lowest BCUT2D eigenvalue weighted by atomic mass is 10.1. The molecule has 0 atom stereocenters. The summed E-state index contributed by atoms with van der Waals surface area (Å²) >= 11 is 0. The van der Waals surface area contributed by atoms with Crippen LogP contribution < -0.4 is 5.32 Å². The summed E-state index contributed by atoms with van der Waals surface area (Å²) in [5.74, 6) is -2.69. The van der Waals surface area contributed by atoms with Crippen molar-refractivity contribution in [1.82, 2.24) is 5.32 Å². The fraction of sp³-hybridized carbons (Fsp3) is 0.357. The zero-order valence-corrected chi connectivity index (χ0v) is 11.7. The number of rotatable bonds is 6. The van der Waals surface area contributed by atoms with Gasteiger partial charge in [-0.05, 0) is 24.1 Å². The molecule has 0 aliphatic rings. The van der Waals surface area contributed by atoms with Crippen molar-refractivity contribution in [2.75, 3.05) is 14.2 Å². The summed E-state index contributed by atoms with van der Waals surface area (Å²) in [4.78, 5) is 34.5. The van der Waals surface area contributed by atoms with Crippen LogP contribution in [0.5, 0.6) is 0 Å². The molecule has 1 aromatic carbocycles. The van der Waals surface area contributed by atoms with Crippen molar-refractivity contribution in [2.24, 2.45) is 0 Å². The molecular formula is C14H16FNO5. The lowest BCUT2D eigenvalue weighted by Crippen LogP contribution is -2.47. The van der Waals surface area contributed by atoms with Gasteiger partial charge in [-0.25, -0.2) is 14.0 Å². The molecule has 1 aromatic rings. The minimum Gasteiger partial charge on any atom is -0.467 e. The Bertz CT molecular complexity index is 499. The topological polar surface area (TPSA) is 81.7 Å². The molecule has 0 aliphatic heterocycles. The molecule has 0 aliphatic carbocycles. The lowest BCUT2D eigenvalue weighted by Gasteiger charge is -2.14. The largest absolute Gasteiger partial charge is 0.467 e. The van der Waals surface area contributed by atoms with Gasteiger partial charge in [-0.1, -0.05) is 12.1 Å². The smallest absolute Gasteiger partial charge is 0.340 e. The van der Waals surface area contributed by atoms with Crippen LogP contribution >= 0.6 is 0 Å². The lowest BCUT2D eigenvalue weighted by molar-refractivity contribution is -0.157. The predicted octanol–water partition coefficient (Wildman–Crippen LogP) is 0.589. The average Bonchev–Trinajstić information content (AvgIpc) is 2.50. The Morgan fingerprint density at radius 1 is 1.10 bits per heavy atom. The monoisotopic (exact) mass is 297 g/mol. The minimum absolute atomic E-state index is 0.0378. The summed E-state index contributed by atoms with van der Waals surface area (Å²) in [6.07, 6.45) is 0.386. The summed E-state index contributed by atoms with van der Waals surface area (Å²) in [6.45, 7) is 0. The van der Waals surface area contributed by atoms with Crippen molar-refractivity contribution in [3.63, 3.8) is 0 Å². The number of nitrogens with one attached hydrogen (secondary N) is 1. The Balaban J connectivity index is 2.56. The highest BCUT2D eigenvalue weighted by molar-refractivity contribution is 6.02. The first kappa shape index (κ1) is 16.6. The maximum Gasteiger partial charge on any atom is 0.340 e. The first-order valence-electron chi connectivity index (χ1n) is 6.17. The van der Waals surface area contributed by atoms with Gasteiger partial charge in [0.05, 0.1) is 14.2 Å². The number of carbonyl (C=O) groups is 3. The molecule has 0 saturated heterocycles. The van der Waals surface area contributed by atoms with E-state index in [9.17, 15) is 18.8 Å². The van der Waals surface area contributed by atoms with E-state index in [0.717, 1.165) is 19.8 Å². The van der Waals surface area contributed by atoms with E-state index < -0.39 is 23.9 Å². The molecule has 0 bridgehead atoms. The van der Waals surface area contributed by atoms with Crippen LogP contribution in [0.2, 0.25) is 0 Å². The zero-order valence-electron chi connectivity index (χ0n) is 11.7. The molecule has 1 N–H and O–H groups in total. The van der Waals surface area contributed by atoms with Gasteiger partial charge in [0.1, 0.15) is 5.82 Å². The van der Waals surface area contributed by atoms with Gasteiger partial charge in [0.15, 0.2) is 0 Å². The molecule has 0 saturated carbocycles. The number of ether oxygens (including phenoxy) is 2. The first-order valence-corrected chi connectivity index (χ1v) is 6.17. The van der Waals surface area contributed by atoms with Gasteiger partial charge in [0, 0.05) is 6.42 Å². The Hall–Kier alpha value is -2.44. The number of carbonyl (C=O) groups excluding carboxylic acids is 3. The number of aryl methyl sites for hydroxylation is 1. The van der Waals surface area contributed by atoms with Crippen molar-refractivity contribution in [2.45, 2.75) is 18.9 Å². The van der Waals surface area contributed by atoms with E-state index in [1.165, 1.54) is 12.1 Å². The summed E-state index contributed by atoms with van der Waals surface area (Å²) in [7, 11) is 2.20. The normalized spacial score (nSPS) is 10.1. The van der Waals surface area contributed by atoms with Gasteiger partial charge >= 0.3 is 11.9 Å². The third-order valence-electron chi connectivity index (χ3n) is 2.73. The molecule has 114 valence electrons. The highest BCUT2D eigenvalue weighted by Crippen LogP contribution is 2.05. The fourth-order valence-corrected chi connectivity index (χ4v) is 1.59. The summed E-state index contributed by atoms with van der Waals surface area (Å²) < 4.78 is 21.6. The molecule has 21 heavy (non-hydrogen) atoms. The van der Waals surface area contributed by atoms with E-state index in [1.54, 1.807) is 12.1 Å². The van der Waals surface area contributed by atoms with E-state index in [4.69, 9.17) is 0 Å². The van der Waals surface area contributed by atoms with Crippen LogP contribution in [0.25, 0.3) is 0 Å². The second-order valence-electron chi connectivity index (χ2n) is 4.17. The second kappa shape index (κ2) is 7.98. The molecule has 0 radical (unpaired) electrons. The number of hydrogen-bond donors (Lipinski definition) is 1. The van der Waals surface area contributed by atoms with Crippen molar-refractivity contribution in [3.8, 4) is 0 Å². The third kappa shape index (κ3) is 5.21. The Labute approximate surface area is 121 Å². The Morgan fingerprint density at radius 2 is 1.62 bits per heavy atom. The van der Waals surface area contributed by atoms with Crippen LogP contribution in [0.15, 0.2) is 24.3 Å². The molecule has 0 aromatic heterocycles. The summed E-state index contributed by atoms with van der Waals surface area (Å²) in [5.41, 5.74) is 0.763. The Morgan fingerprint density at radius 3 is 2.10 bits per heavy atom. The van der Waals surface area contributed by atoms with E-state index in [0.29, 0.717) is 6.42 Å². The van der Waals surface area contributed by atoms with E-state index in [1.807, 2.05) is 0 Å². The second-order valence-corrected chi connectivity index (χ2v) is 4.17. The van der Waals surface area contributed by atoms with Gasteiger partial charge < -0.3 is 14.8 Å². The van der Waals surface area contributed by atoms with Gasteiger partial charge in [-0.2, -0.15) is 0 Å². The van der Waals surface area contributed by atoms with Crippen LogP contribution in [0.1, 0.15) is 12.0 Å². The predicted molar refractivity (Wildman–Crippen MR) is 70.7 cm³/mol. The van der Waals surface area contributed by atoms with Gasteiger partial charge in [0.2, 0.25) is 11.9 Å². The molecule has 0 fully saturated rings. The summed E-state index contributed by atoms with van der Waals surface area (Å²) in [5, 5.41) is 2.24. The third-order valence-corrected chi connectivity index (χ3v) is 2.73. The highest BCUT2D eigenvalue weighted by Gasteiger charge is 2.30. The van der Waals surface area contributed by atoms with Crippen LogP contribution in [0.3, 0.4) is 0 Å². The number of halogens is 1. The summed E-state index contributed by atoms with van der Waals surface area (Å²) in [6, 6.07) is 4.21.